The molecule has 10 heteroatoms. The van der Waals surface area contributed by atoms with E-state index < -0.39 is 22.5 Å². The number of anilines is 2. The lowest BCUT2D eigenvalue weighted by Gasteiger charge is -2.22. The lowest BCUT2D eigenvalue weighted by Crippen LogP contribution is -2.37. The highest BCUT2D eigenvalue weighted by Gasteiger charge is 2.29. The molecule has 0 aliphatic carbocycles. The summed E-state index contributed by atoms with van der Waals surface area (Å²) < 4.78 is 33.6. The fraction of sp³-hybridized carbons (Fsp3) is 0.188. The minimum absolute atomic E-state index is 0.0431. The minimum atomic E-state index is -4.01. The number of rotatable bonds is 9. The zero-order valence-corrected chi connectivity index (χ0v) is 24.8. The molecular formula is C32H30ClN3O5S. The Bertz CT molecular complexity index is 1720. The minimum Gasteiger partial charge on any atom is -0.497 e. The number of hydrogen-bond acceptors (Lipinski definition) is 5. The van der Waals surface area contributed by atoms with Crippen LogP contribution in [0.2, 0.25) is 5.02 Å². The zero-order chi connectivity index (χ0) is 29.9. The molecule has 0 radical (unpaired) electrons. The Kier molecular flexibility index (Phi) is 8.63. The van der Waals surface area contributed by atoms with Crippen LogP contribution in [0.4, 0.5) is 11.4 Å². The van der Waals surface area contributed by atoms with Crippen LogP contribution in [-0.2, 0) is 27.8 Å². The van der Waals surface area contributed by atoms with Gasteiger partial charge in [0.2, 0.25) is 15.9 Å². The maximum atomic E-state index is 13.6. The number of nitrogens with one attached hydrogen (secondary N) is 1. The van der Waals surface area contributed by atoms with E-state index in [1.54, 1.807) is 84.8 Å². The number of halogens is 1. The summed E-state index contributed by atoms with van der Waals surface area (Å²) >= 11 is 6.14. The number of carbonyl (C=O) groups is 2. The normalized spacial score (nSPS) is 12.7. The van der Waals surface area contributed by atoms with Gasteiger partial charge >= 0.3 is 0 Å². The fourth-order valence-electron chi connectivity index (χ4n) is 4.84. The Balaban J connectivity index is 1.36. The molecule has 0 atom stereocenters. The van der Waals surface area contributed by atoms with E-state index in [9.17, 15) is 18.0 Å². The molecule has 0 fully saturated rings. The molecule has 8 nitrogen and oxygen atoms in total. The van der Waals surface area contributed by atoms with Gasteiger partial charge in [-0.25, -0.2) is 8.42 Å². The molecule has 4 aromatic rings. The van der Waals surface area contributed by atoms with E-state index in [4.69, 9.17) is 16.3 Å². The summed E-state index contributed by atoms with van der Waals surface area (Å²) in [6.07, 6.45) is 0.688. The van der Waals surface area contributed by atoms with Gasteiger partial charge in [-0.3, -0.25) is 9.59 Å². The van der Waals surface area contributed by atoms with Crippen molar-refractivity contribution < 1.29 is 22.7 Å². The predicted molar refractivity (Wildman–Crippen MR) is 164 cm³/mol. The molecule has 4 aromatic carbocycles. The fourth-order valence-corrected chi connectivity index (χ4v) is 6.44. The molecule has 1 aliphatic rings. The average Bonchev–Trinajstić information content (AvgIpc) is 3.40. The Morgan fingerprint density at radius 3 is 2.40 bits per heavy atom. The molecule has 42 heavy (non-hydrogen) atoms. The van der Waals surface area contributed by atoms with Crippen molar-refractivity contribution in [1.82, 2.24) is 4.31 Å². The Labute approximate surface area is 250 Å². The SMILES string of the molecule is COc1ccc(C(=O)N2CCc3ccc(NC(=O)CN(Cc4cccc(Cl)c4)S(=O)(=O)c4ccc(C)cc4)cc32)cc1. The maximum Gasteiger partial charge on any atom is 0.258 e. The van der Waals surface area contributed by atoms with Crippen LogP contribution in [0.15, 0.2) is 95.9 Å². The summed E-state index contributed by atoms with van der Waals surface area (Å²) in [4.78, 5) is 28.3. The molecule has 2 amide bonds. The van der Waals surface area contributed by atoms with Crippen LogP contribution in [0, 0.1) is 6.92 Å². The van der Waals surface area contributed by atoms with Gasteiger partial charge < -0.3 is 15.0 Å². The van der Waals surface area contributed by atoms with Gasteiger partial charge in [-0.2, -0.15) is 4.31 Å². The van der Waals surface area contributed by atoms with Crippen molar-refractivity contribution in [2.24, 2.45) is 0 Å². The molecule has 0 saturated heterocycles. The van der Waals surface area contributed by atoms with Gasteiger partial charge in [-0.05, 0) is 85.1 Å². The number of benzene rings is 4. The van der Waals surface area contributed by atoms with E-state index in [-0.39, 0.29) is 17.3 Å². The maximum absolute atomic E-state index is 13.6. The van der Waals surface area contributed by atoms with Crippen molar-refractivity contribution in [2.75, 3.05) is 30.4 Å². The summed E-state index contributed by atoms with van der Waals surface area (Å²) in [7, 11) is -2.45. The van der Waals surface area contributed by atoms with Gasteiger partial charge in [-0.1, -0.05) is 47.5 Å². The van der Waals surface area contributed by atoms with Crippen LogP contribution < -0.4 is 15.0 Å². The number of hydrogen-bond donors (Lipinski definition) is 1. The predicted octanol–water partition coefficient (Wildman–Crippen LogP) is 5.69. The molecule has 0 spiro atoms. The van der Waals surface area contributed by atoms with E-state index in [1.807, 2.05) is 13.0 Å². The number of methoxy groups -OCH3 is 1. The molecule has 1 heterocycles. The van der Waals surface area contributed by atoms with Crippen molar-refractivity contribution in [3.8, 4) is 5.75 Å². The molecule has 0 unspecified atom stereocenters. The molecule has 216 valence electrons. The zero-order valence-electron chi connectivity index (χ0n) is 23.2. The lowest BCUT2D eigenvalue weighted by atomic mass is 10.1. The Morgan fingerprint density at radius 1 is 0.976 bits per heavy atom. The van der Waals surface area contributed by atoms with Gasteiger partial charge in [0, 0.05) is 35.1 Å². The Morgan fingerprint density at radius 2 is 1.71 bits per heavy atom. The molecule has 1 N–H and O–H groups in total. The van der Waals surface area contributed by atoms with Crippen molar-refractivity contribution >= 4 is 44.8 Å². The van der Waals surface area contributed by atoms with Crippen molar-refractivity contribution in [3.63, 3.8) is 0 Å². The van der Waals surface area contributed by atoms with Crippen molar-refractivity contribution in [2.45, 2.75) is 24.8 Å². The summed E-state index contributed by atoms with van der Waals surface area (Å²) in [6.45, 7) is 1.92. The van der Waals surface area contributed by atoms with Crippen LogP contribution in [0.1, 0.15) is 27.0 Å². The van der Waals surface area contributed by atoms with Crippen LogP contribution in [0.5, 0.6) is 5.75 Å². The van der Waals surface area contributed by atoms with Gasteiger partial charge in [0.05, 0.1) is 18.6 Å². The monoisotopic (exact) mass is 603 g/mol. The van der Waals surface area contributed by atoms with Gasteiger partial charge in [0.25, 0.3) is 5.91 Å². The number of nitrogens with zero attached hydrogens (tertiary/aromatic N) is 2. The smallest absolute Gasteiger partial charge is 0.258 e. The van der Waals surface area contributed by atoms with E-state index in [1.165, 1.54) is 12.1 Å². The van der Waals surface area contributed by atoms with Crippen molar-refractivity contribution in [1.29, 1.82) is 0 Å². The second kappa shape index (κ2) is 12.4. The van der Waals surface area contributed by atoms with Crippen LogP contribution in [0.25, 0.3) is 0 Å². The number of carbonyl (C=O) groups excluding carboxylic acids is 2. The van der Waals surface area contributed by atoms with Gasteiger partial charge in [-0.15, -0.1) is 0 Å². The highest BCUT2D eigenvalue weighted by molar-refractivity contribution is 7.89. The number of sulfonamides is 1. The highest BCUT2D eigenvalue weighted by Crippen LogP contribution is 2.32. The standard InChI is InChI=1S/C32H30ClN3O5S/c1-22-6-14-29(15-7-22)42(39,40)35(20-23-4-3-5-26(33)18-23)21-31(37)34-27-11-8-24-16-17-36(30(24)19-27)32(38)25-9-12-28(41-2)13-10-25/h3-15,18-19H,16-17,20-21H2,1-2H3,(H,34,37). The number of aryl methyl sites for hydroxylation is 1. The van der Waals surface area contributed by atoms with Crippen LogP contribution in [-0.4, -0.2) is 44.7 Å². The Hall–Kier alpha value is -4.18. The van der Waals surface area contributed by atoms with E-state index in [2.05, 4.69) is 5.32 Å². The van der Waals surface area contributed by atoms with Gasteiger partial charge in [0.15, 0.2) is 0 Å². The molecule has 0 aromatic heterocycles. The summed E-state index contributed by atoms with van der Waals surface area (Å²) in [6, 6.07) is 25.6. The first-order chi connectivity index (χ1) is 20.1. The van der Waals surface area contributed by atoms with E-state index in [0.29, 0.717) is 46.2 Å². The molecular weight excluding hydrogens is 574 g/mol. The van der Waals surface area contributed by atoms with Gasteiger partial charge in [0.1, 0.15) is 5.75 Å². The second-order valence-electron chi connectivity index (χ2n) is 10.0. The number of amides is 2. The topological polar surface area (TPSA) is 96.0 Å². The van der Waals surface area contributed by atoms with Crippen molar-refractivity contribution in [3.05, 3.63) is 118 Å². The van der Waals surface area contributed by atoms with Crippen LogP contribution in [0.3, 0.4) is 0 Å². The largest absolute Gasteiger partial charge is 0.497 e. The highest BCUT2D eigenvalue weighted by atomic mass is 35.5. The lowest BCUT2D eigenvalue weighted by molar-refractivity contribution is -0.116. The quantitative estimate of drug-likeness (QED) is 0.265. The first-order valence-corrected chi connectivity index (χ1v) is 15.2. The molecule has 0 bridgehead atoms. The first kappa shape index (κ1) is 29.3. The summed E-state index contributed by atoms with van der Waals surface area (Å²) in [5.41, 5.74) is 4.25. The van der Waals surface area contributed by atoms with E-state index in [0.717, 1.165) is 15.4 Å². The van der Waals surface area contributed by atoms with E-state index >= 15 is 0 Å². The van der Waals surface area contributed by atoms with Crippen LogP contribution >= 0.6 is 11.6 Å². The summed E-state index contributed by atoms with van der Waals surface area (Å²) in [5, 5.41) is 3.29. The summed E-state index contributed by atoms with van der Waals surface area (Å²) in [5.74, 6) is -0.0115. The third-order valence-electron chi connectivity index (χ3n) is 7.07. The molecule has 5 rings (SSSR count). The number of fused-ring (bicyclic) bond motifs is 1. The average molecular weight is 604 g/mol. The second-order valence-corrected chi connectivity index (χ2v) is 12.4. The third kappa shape index (κ3) is 6.49. The first-order valence-electron chi connectivity index (χ1n) is 13.3. The third-order valence-corrected chi connectivity index (χ3v) is 9.11. The number of ether oxygens (including phenoxy) is 1. The molecule has 0 saturated carbocycles. The molecule has 1 aliphatic heterocycles.